The number of rotatable bonds is 3. The number of hydrogen-bond acceptors (Lipinski definition) is 2. The van der Waals surface area contributed by atoms with Crippen LogP contribution in [0.15, 0.2) is 24.3 Å². The minimum absolute atomic E-state index is 0.312. The number of aliphatic hydroxyl groups is 1. The highest BCUT2D eigenvalue weighted by Crippen LogP contribution is 2.46. The van der Waals surface area contributed by atoms with Gasteiger partial charge in [0.05, 0.1) is 5.54 Å². The van der Waals surface area contributed by atoms with Crippen LogP contribution in [0.4, 0.5) is 4.39 Å². The molecule has 0 atom stereocenters. The molecule has 3 nitrogen and oxygen atoms in total. The Bertz CT molecular complexity index is 388. The van der Waals surface area contributed by atoms with Crippen molar-refractivity contribution in [2.75, 3.05) is 6.61 Å². The van der Waals surface area contributed by atoms with E-state index in [9.17, 15) is 9.18 Å². The monoisotopic (exact) mass is 209 g/mol. The van der Waals surface area contributed by atoms with Gasteiger partial charge < -0.3 is 10.4 Å². The third kappa shape index (κ3) is 1.85. The van der Waals surface area contributed by atoms with Gasteiger partial charge in [-0.05, 0) is 18.9 Å². The van der Waals surface area contributed by atoms with Gasteiger partial charge in [-0.25, -0.2) is 4.39 Å². The fourth-order valence-electron chi connectivity index (χ4n) is 1.74. The van der Waals surface area contributed by atoms with Gasteiger partial charge in [-0.2, -0.15) is 0 Å². The number of amides is 1. The van der Waals surface area contributed by atoms with Crippen LogP contribution < -0.4 is 5.32 Å². The lowest BCUT2D eigenvalue weighted by molar-refractivity contribution is -0.124. The van der Waals surface area contributed by atoms with E-state index in [-0.39, 0.29) is 5.82 Å². The predicted octanol–water partition coefficient (Wildman–Crippen LogP) is 0.923. The molecule has 1 aliphatic rings. The second-order valence-electron chi connectivity index (χ2n) is 3.77. The lowest BCUT2D eigenvalue weighted by atomic mass is 10.0. The predicted molar refractivity (Wildman–Crippen MR) is 52.5 cm³/mol. The molecule has 0 heterocycles. The molecule has 1 amide bonds. The number of halogens is 1. The first kappa shape index (κ1) is 10.1. The molecule has 0 aliphatic heterocycles. The van der Waals surface area contributed by atoms with Crippen molar-refractivity contribution in [1.29, 1.82) is 0 Å². The Kier molecular flexibility index (Phi) is 2.44. The van der Waals surface area contributed by atoms with E-state index in [0.29, 0.717) is 5.56 Å². The van der Waals surface area contributed by atoms with Gasteiger partial charge in [-0.1, -0.05) is 18.2 Å². The van der Waals surface area contributed by atoms with Crippen molar-refractivity contribution >= 4 is 5.91 Å². The van der Waals surface area contributed by atoms with Crippen molar-refractivity contribution in [2.45, 2.75) is 18.4 Å². The highest BCUT2D eigenvalue weighted by molar-refractivity contribution is 5.78. The third-order valence-electron chi connectivity index (χ3n) is 2.66. The minimum atomic E-state index is -0.578. The Morgan fingerprint density at radius 3 is 2.67 bits per heavy atom. The number of hydrogen-bond donors (Lipinski definition) is 2. The summed E-state index contributed by atoms with van der Waals surface area (Å²) < 4.78 is 13.5. The summed E-state index contributed by atoms with van der Waals surface area (Å²) in [5.41, 5.74) is -0.0719. The van der Waals surface area contributed by atoms with Gasteiger partial charge in [0.15, 0.2) is 0 Å². The molecule has 0 spiro atoms. The first-order chi connectivity index (χ1) is 7.18. The summed E-state index contributed by atoms with van der Waals surface area (Å²) >= 11 is 0. The van der Waals surface area contributed by atoms with Gasteiger partial charge >= 0.3 is 0 Å². The van der Waals surface area contributed by atoms with E-state index in [1.54, 1.807) is 18.2 Å². The molecular weight excluding hydrogens is 197 g/mol. The van der Waals surface area contributed by atoms with Gasteiger partial charge in [0.2, 0.25) is 5.91 Å². The second kappa shape index (κ2) is 3.62. The van der Waals surface area contributed by atoms with Crippen LogP contribution in [0.3, 0.4) is 0 Å². The van der Waals surface area contributed by atoms with Crippen LogP contribution in [-0.2, 0) is 10.3 Å². The smallest absolute Gasteiger partial charge is 0.246 e. The van der Waals surface area contributed by atoms with E-state index in [0.717, 1.165) is 12.8 Å². The normalized spacial score (nSPS) is 17.2. The quantitative estimate of drug-likeness (QED) is 0.777. The van der Waals surface area contributed by atoms with Crippen molar-refractivity contribution in [3.63, 3.8) is 0 Å². The molecule has 0 aromatic heterocycles. The summed E-state index contributed by atoms with van der Waals surface area (Å²) in [5.74, 6) is -0.774. The topological polar surface area (TPSA) is 49.3 Å². The van der Waals surface area contributed by atoms with Crippen LogP contribution in [-0.4, -0.2) is 17.6 Å². The number of nitrogens with one attached hydrogen (secondary N) is 1. The molecule has 15 heavy (non-hydrogen) atoms. The van der Waals surface area contributed by atoms with E-state index >= 15 is 0 Å². The summed E-state index contributed by atoms with van der Waals surface area (Å²) in [5, 5.41) is 11.3. The second-order valence-corrected chi connectivity index (χ2v) is 3.77. The number of carbonyl (C=O) groups excluding carboxylic acids is 1. The molecule has 2 N–H and O–H groups in total. The van der Waals surface area contributed by atoms with Gasteiger partial charge in [0, 0.05) is 5.56 Å². The van der Waals surface area contributed by atoms with Crippen molar-refractivity contribution < 1.29 is 14.3 Å². The Labute approximate surface area is 86.9 Å². The van der Waals surface area contributed by atoms with E-state index in [4.69, 9.17) is 5.11 Å². The van der Waals surface area contributed by atoms with E-state index < -0.39 is 18.1 Å². The van der Waals surface area contributed by atoms with Crippen molar-refractivity contribution in [3.05, 3.63) is 35.6 Å². The number of aliphatic hydroxyl groups excluding tert-OH is 1. The zero-order chi connectivity index (χ0) is 10.9. The van der Waals surface area contributed by atoms with Gasteiger partial charge in [-0.3, -0.25) is 4.79 Å². The molecule has 1 fully saturated rings. The first-order valence-electron chi connectivity index (χ1n) is 4.85. The van der Waals surface area contributed by atoms with Crippen LogP contribution in [0.2, 0.25) is 0 Å². The van der Waals surface area contributed by atoms with Crippen LogP contribution in [0.1, 0.15) is 18.4 Å². The molecule has 4 heteroatoms. The Morgan fingerprint density at radius 1 is 1.47 bits per heavy atom. The summed E-state index contributed by atoms with van der Waals surface area (Å²) in [6, 6.07) is 6.40. The maximum Gasteiger partial charge on any atom is 0.246 e. The molecule has 2 rings (SSSR count). The maximum atomic E-state index is 13.5. The fourth-order valence-corrected chi connectivity index (χ4v) is 1.74. The van der Waals surface area contributed by atoms with Gasteiger partial charge in [-0.15, -0.1) is 0 Å². The lowest BCUT2D eigenvalue weighted by Crippen LogP contribution is -2.37. The SMILES string of the molecule is O=C(CO)NC1(c2ccccc2F)CC1. The minimum Gasteiger partial charge on any atom is -0.387 e. The molecule has 1 aromatic carbocycles. The Morgan fingerprint density at radius 2 is 2.13 bits per heavy atom. The molecule has 80 valence electrons. The molecule has 1 saturated carbocycles. The highest BCUT2D eigenvalue weighted by atomic mass is 19.1. The van der Waals surface area contributed by atoms with Crippen LogP contribution in [0, 0.1) is 5.82 Å². The van der Waals surface area contributed by atoms with Crippen LogP contribution in [0.5, 0.6) is 0 Å². The summed E-state index contributed by atoms with van der Waals surface area (Å²) in [6.45, 7) is -0.559. The highest BCUT2D eigenvalue weighted by Gasteiger charge is 2.47. The third-order valence-corrected chi connectivity index (χ3v) is 2.66. The fraction of sp³-hybridized carbons (Fsp3) is 0.364. The van der Waals surface area contributed by atoms with Crippen molar-refractivity contribution in [1.82, 2.24) is 5.32 Å². The number of carbonyl (C=O) groups is 1. The maximum absolute atomic E-state index is 13.5. The number of benzene rings is 1. The van der Waals surface area contributed by atoms with Crippen LogP contribution >= 0.6 is 0 Å². The van der Waals surface area contributed by atoms with Crippen molar-refractivity contribution in [2.24, 2.45) is 0 Å². The van der Waals surface area contributed by atoms with Crippen LogP contribution in [0.25, 0.3) is 0 Å². The standard InChI is InChI=1S/C11H12FNO2/c12-9-4-2-1-3-8(9)11(5-6-11)13-10(15)7-14/h1-4,14H,5-7H2,(H,13,15). The average molecular weight is 209 g/mol. The molecule has 0 radical (unpaired) electrons. The summed E-state index contributed by atoms with van der Waals surface area (Å²) in [7, 11) is 0. The molecule has 1 aromatic rings. The molecule has 0 unspecified atom stereocenters. The van der Waals surface area contributed by atoms with Gasteiger partial charge in [0.1, 0.15) is 12.4 Å². The summed E-state index contributed by atoms with van der Waals surface area (Å²) in [6.07, 6.45) is 1.44. The largest absolute Gasteiger partial charge is 0.387 e. The van der Waals surface area contributed by atoms with E-state index in [1.165, 1.54) is 6.07 Å². The molecule has 0 bridgehead atoms. The first-order valence-corrected chi connectivity index (χ1v) is 4.85. The zero-order valence-electron chi connectivity index (χ0n) is 8.16. The molecular formula is C11H12FNO2. The van der Waals surface area contributed by atoms with Gasteiger partial charge in [0.25, 0.3) is 0 Å². The van der Waals surface area contributed by atoms with E-state index in [1.807, 2.05) is 0 Å². The molecule has 1 aliphatic carbocycles. The molecule has 0 saturated heterocycles. The van der Waals surface area contributed by atoms with E-state index in [2.05, 4.69) is 5.32 Å². The summed E-state index contributed by atoms with van der Waals surface area (Å²) in [4.78, 5) is 11.1. The zero-order valence-corrected chi connectivity index (χ0v) is 8.16. The lowest BCUT2D eigenvalue weighted by Gasteiger charge is -2.17. The van der Waals surface area contributed by atoms with Crippen molar-refractivity contribution in [3.8, 4) is 0 Å². The Hall–Kier alpha value is -1.42. The Balaban J connectivity index is 2.23. The average Bonchev–Trinajstić information content (AvgIpc) is 2.99.